The number of H-pyrrole nitrogens is 1. The molecule has 0 unspecified atom stereocenters. The van der Waals surface area contributed by atoms with E-state index in [2.05, 4.69) is 4.98 Å². The van der Waals surface area contributed by atoms with E-state index in [4.69, 9.17) is 17.0 Å². The van der Waals surface area contributed by atoms with Gasteiger partial charge >= 0.3 is 0 Å². The Kier molecular flexibility index (Phi) is 3.05. The number of aromatic nitrogens is 2. The molecular weight excluding hydrogens is 292 g/mol. The zero-order valence-electron chi connectivity index (χ0n) is 11.1. The number of ether oxygens (including phenoxy) is 1. The quantitative estimate of drug-likeness (QED) is 0.868. The van der Waals surface area contributed by atoms with Crippen LogP contribution in [0.2, 0.25) is 0 Å². The van der Waals surface area contributed by atoms with Crippen molar-refractivity contribution in [3.05, 3.63) is 25.6 Å². The van der Waals surface area contributed by atoms with Gasteiger partial charge in [-0.1, -0.05) is 0 Å². The van der Waals surface area contributed by atoms with Gasteiger partial charge in [0.2, 0.25) is 0 Å². The second-order valence-corrected chi connectivity index (χ2v) is 7.03. The van der Waals surface area contributed by atoms with Crippen LogP contribution in [0, 0.1) is 4.77 Å². The molecule has 2 aromatic heterocycles. The van der Waals surface area contributed by atoms with Gasteiger partial charge in [-0.15, -0.1) is 11.3 Å². The molecule has 2 aromatic rings. The molecule has 0 saturated carbocycles. The lowest BCUT2D eigenvalue weighted by atomic mass is 10.2. The van der Waals surface area contributed by atoms with Gasteiger partial charge in [-0.3, -0.25) is 9.36 Å². The Hall–Kier alpha value is -0.980. The highest BCUT2D eigenvalue weighted by Crippen LogP contribution is 2.34. The normalized spacial score (nSPS) is 21.7. The van der Waals surface area contributed by atoms with Crippen molar-refractivity contribution >= 4 is 33.8 Å². The lowest BCUT2D eigenvalue weighted by Gasteiger charge is -2.12. The third-order valence-electron chi connectivity index (χ3n) is 4.26. The molecule has 106 valence electrons. The van der Waals surface area contributed by atoms with E-state index in [1.165, 1.54) is 10.4 Å². The number of hydrogen-bond donors (Lipinski definition) is 1. The van der Waals surface area contributed by atoms with E-state index in [1.54, 1.807) is 15.9 Å². The molecule has 1 N–H and O–H groups in total. The van der Waals surface area contributed by atoms with Crippen molar-refractivity contribution in [3.63, 3.8) is 0 Å². The monoisotopic (exact) mass is 308 g/mol. The van der Waals surface area contributed by atoms with Crippen molar-refractivity contribution in [2.75, 3.05) is 6.61 Å². The second-order valence-electron chi connectivity index (χ2n) is 5.54. The first-order chi connectivity index (χ1) is 9.74. The molecule has 2 aliphatic rings. The summed E-state index contributed by atoms with van der Waals surface area (Å²) in [7, 11) is 0. The molecule has 1 aliphatic heterocycles. The molecule has 3 heterocycles. The van der Waals surface area contributed by atoms with Gasteiger partial charge in [-0.25, -0.2) is 0 Å². The molecule has 1 aliphatic carbocycles. The molecule has 1 atom stereocenters. The predicted molar refractivity (Wildman–Crippen MR) is 82.3 cm³/mol. The molecule has 20 heavy (non-hydrogen) atoms. The lowest BCUT2D eigenvalue weighted by Crippen LogP contribution is -2.28. The minimum absolute atomic E-state index is 0.0682. The molecule has 1 fully saturated rings. The SMILES string of the molecule is O=c1c2c3c(sc2[nH]c(=S)n1C[C@H]1CCCO1)CCC3. The van der Waals surface area contributed by atoms with Crippen molar-refractivity contribution in [1.82, 2.24) is 9.55 Å². The molecule has 1 saturated heterocycles. The van der Waals surface area contributed by atoms with Crippen LogP contribution in [0.15, 0.2) is 4.79 Å². The van der Waals surface area contributed by atoms with E-state index >= 15 is 0 Å². The minimum Gasteiger partial charge on any atom is -0.376 e. The van der Waals surface area contributed by atoms with Gasteiger partial charge < -0.3 is 9.72 Å². The maximum atomic E-state index is 12.8. The van der Waals surface area contributed by atoms with Crippen LogP contribution in [0.3, 0.4) is 0 Å². The highest BCUT2D eigenvalue weighted by molar-refractivity contribution is 7.71. The van der Waals surface area contributed by atoms with Crippen LogP contribution in [0.25, 0.3) is 10.2 Å². The smallest absolute Gasteiger partial charge is 0.263 e. The fraction of sp³-hybridized carbons (Fsp3) is 0.571. The highest BCUT2D eigenvalue weighted by atomic mass is 32.1. The Labute approximate surface area is 125 Å². The average Bonchev–Trinajstić information content (AvgIpc) is 3.09. The van der Waals surface area contributed by atoms with Crippen LogP contribution in [0.4, 0.5) is 0 Å². The van der Waals surface area contributed by atoms with Crippen LogP contribution >= 0.6 is 23.6 Å². The van der Waals surface area contributed by atoms with Crippen LogP contribution in [-0.4, -0.2) is 22.3 Å². The van der Waals surface area contributed by atoms with E-state index in [0.717, 1.165) is 48.9 Å². The van der Waals surface area contributed by atoms with Gasteiger partial charge in [0.25, 0.3) is 5.56 Å². The van der Waals surface area contributed by atoms with Crippen molar-refractivity contribution < 1.29 is 4.74 Å². The summed E-state index contributed by atoms with van der Waals surface area (Å²) < 4.78 is 7.86. The van der Waals surface area contributed by atoms with Crippen molar-refractivity contribution in [2.24, 2.45) is 0 Å². The third kappa shape index (κ3) is 1.89. The van der Waals surface area contributed by atoms with Crippen molar-refractivity contribution in [3.8, 4) is 0 Å². The molecule has 4 nitrogen and oxygen atoms in total. The van der Waals surface area contributed by atoms with E-state index in [0.29, 0.717) is 11.3 Å². The molecule has 0 bridgehead atoms. The number of fused-ring (bicyclic) bond motifs is 3. The Morgan fingerprint density at radius 2 is 2.30 bits per heavy atom. The summed E-state index contributed by atoms with van der Waals surface area (Å²) in [4.78, 5) is 18.3. The number of aromatic amines is 1. The molecule has 0 radical (unpaired) electrons. The number of nitrogens with one attached hydrogen (secondary N) is 1. The Morgan fingerprint density at radius 1 is 1.40 bits per heavy atom. The summed E-state index contributed by atoms with van der Waals surface area (Å²) in [5, 5.41) is 0.870. The first-order valence-corrected chi connectivity index (χ1v) is 8.35. The summed E-state index contributed by atoms with van der Waals surface area (Å²) in [6.45, 7) is 1.38. The minimum atomic E-state index is 0.0682. The zero-order valence-corrected chi connectivity index (χ0v) is 12.7. The number of hydrogen-bond acceptors (Lipinski definition) is 4. The fourth-order valence-electron chi connectivity index (χ4n) is 3.27. The van der Waals surface area contributed by atoms with Crippen molar-refractivity contribution in [2.45, 2.75) is 44.8 Å². The summed E-state index contributed by atoms with van der Waals surface area (Å²) >= 11 is 7.07. The standard InChI is InChI=1S/C14H16N2O2S2/c17-13-11-9-4-1-5-10(9)20-12(11)15-14(19)16(13)7-8-3-2-6-18-8/h8H,1-7H2,(H,15,19)/t8-/m1/s1. The maximum Gasteiger partial charge on any atom is 0.263 e. The first kappa shape index (κ1) is 12.7. The fourth-order valence-corrected chi connectivity index (χ4v) is 4.87. The second kappa shape index (κ2) is 4.79. The van der Waals surface area contributed by atoms with Crippen LogP contribution in [-0.2, 0) is 24.1 Å². The number of thiophene rings is 1. The summed E-state index contributed by atoms with van der Waals surface area (Å²) in [6, 6.07) is 0. The van der Waals surface area contributed by atoms with Gasteiger partial charge in [0.15, 0.2) is 4.77 Å². The average molecular weight is 308 g/mol. The molecule has 6 heteroatoms. The molecule has 0 spiro atoms. The zero-order chi connectivity index (χ0) is 13.7. The molecule has 4 rings (SSSR count). The van der Waals surface area contributed by atoms with Gasteiger partial charge in [0.1, 0.15) is 4.83 Å². The number of rotatable bonds is 2. The van der Waals surface area contributed by atoms with E-state index in [-0.39, 0.29) is 11.7 Å². The summed E-state index contributed by atoms with van der Waals surface area (Å²) in [5.41, 5.74) is 1.32. The van der Waals surface area contributed by atoms with Gasteiger partial charge in [0, 0.05) is 11.5 Å². The molecular formula is C14H16N2O2S2. The predicted octanol–water partition coefficient (Wildman–Crippen LogP) is 2.79. The Balaban J connectivity index is 1.88. The largest absolute Gasteiger partial charge is 0.376 e. The van der Waals surface area contributed by atoms with E-state index in [1.807, 2.05) is 0 Å². The Bertz CT molecular complexity index is 781. The van der Waals surface area contributed by atoms with Crippen LogP contribution < -0.4 is 5.56 Å². The molecule has 0 amide bonds. The third-order valence-corrected chi connectivity index (χ3v) is 5.79. The topological polar surface area (TPSA) is 47.0 Å². The van der Waals surface area contributed by atoms with E-state index < -0.39 is 0 Å². The van der Waals surface area contributed by atoms with Crippen LogP contribution in [0.5, 0.6) is 0 Å². The van der Waals surface area contributed by atoms with Gasteiger partial charge in [-0.2, -0.15) is 0 Å². The first-order valence-electron chi connectivity index (χ1n) is 7.13. The van der Waals surface area contributed by atoms with E-state index in [9.17, 15) is 4.79 Å². The molecule has 0 aromatic carbocycles. The van der Waals surface area contributed by atoms with Gasteiger partial charge in [-0.05, 0) is 49.9 Å². The van der Waals surface area contributed by atoms with Crippen LogP contribution in [0.1, 0.15) is 29.7 Å². The Morgan fingerprint density at radius 3 is 3.10 bits per heavy atom. The number of aryl methyl sites for hydroxylation is 2. The lowest BCUT2D eigenvalue weighted by molar-refractivity contribution is 0.0957. The summed E-state index contributed by atoms with van der Waals surface area (Å²) in [5.74, 6) is 0. The number of nitrogens with zero attached hydrogens (tertiary/aromatic N) is 1. The highest BCUT2D eigenvalue weighted by Gasteiger charge is 2.23. The van der Waals surface area contributed by atoms with Crippen molar-refractivity contribution in [1.29, 1.82) is 0 Å². The summed E-state index contributed by atoms with van der Waals surface area (Å²) in [6.07, 6.45) is 5.51. The van der Waals surface area contributed by atoms with Gasteiger partial charge in [0.05, 0.1) is 18.0 Å². The maximum absolute atomic E-state index is 12.8.